The number of hydrogen-bond donors (Lipinski definition) is 1. The van der Waals surface area contributed by atoms with Gasteiger partial charge in [-0.2, -0.15) is 19.5 Å². The number of rotatable bonds is 3. The fourth-order valence-electron chi connectivity index (χ4n) is 1.75. The zero-order chi connectivity index (χ0) is 14.2. The first-order valence-electron chi connectivity index (χ1n) is 5.95. The van der Waals surface area contributed by atoms with Gasteiger partial charge in [0.05, 0.1) is 6.26 Å². The molecule has 0 spiro atoms. The molecule has 0 radical (unpaired) electrons. The molecular weight excluding hydrogens is 292 g/mol. The molecule has 0 aromatic carbocycles. The van der Waals surface area contributed by atoms with Crippen LogP contribution in [-0.4, -0.2) is 24.6 Å². The van der Waals surface area contributed by atoms with Crippen molar-refractivity contribution < 1.29 is 9.15 Å². The van der Waals surface area contributed by atoms with Crippen LogP contribution in [0.4, 0.5) is 5.95 Å². The molecule has 9 heteroatoms. The monoisotopic (exact) mass is 300 g/mol. The van der Waals surface area contributed by atoms with Crippen molar-refractivity contribution >= 4 is 23.1 Å². The third-order valence-electron chi connectivity index (χ3n) is 2.64. The predicted octanol–water partition coefficient (Wildman–Crippen LogP) is 2.22. The molecule has 4 rings (SSSR count). The van der Waals surface area contributed by atoms with Crippen LogP contribution in [0.25, 0.3) is 17.4 Å². The number of nitrogens with two attached hydrogens (primary N) is 1. The van der Waals surface area contributed by atoms with Crippen LogP contribution < -0.4 is 10.5 Å². The van der Waals surface area contributed by atoms with Crippen LogP contribution in [0.1, 0.15) is 0 Å². The Morgan fingerprint density at radius 1 is 1.19 bits per heavy atom. The highest BCUT2D eigenvalue weighted by Gasteiger charge is 2.14. The molecule has 0 aliphatic carbocycles. The molecule has 0 aliphatic heterocycles. The number of hydrogen-bond acceptors (Lipinski definition) is 8. The molecule has 0 fully saturated rings. The number of ether oxygens (including phenoxy) is 1. The van der Waals surface area contributed by atoms with Gasteiger partial charge in [-0.25, -0.2) is 0 Å². The maximum Gasteiger partial charge on any atom is 0.329 e. The predicted molar refractivity (Wildman–Crippen MR) is 75.1 cm³/mol. The van der Waals surface area contributed by atoms with Crippen molar-refractivity contribution in [1.29, 1.82) is 0 Å². The van der Waals surface area contributed by atoms with Crippen molar-refractivity contribution in [3.63, 3.8) is 0 Å². The third-order valence-corrected chi connectivity index (χ3v) is 3.39. The molecule has 4 aromatic heterocycles. The average molecular weight is 300 g/mol. The number of anilines is 1. The number of thiophene rings is 1. The summed E-state index contributed by atoms with van der Waals surface area (Å²) in [5.74, 6) is 1.34. The molecule has 0 atom stereocenters. The van der Waals surface area contributed by atoms with Gasteiger partial charge in [0.15, 0.2) is 10.8 Å². The Morgan fingerprint density at radius 3 is 2.90 bits per heavy atom. The molecule has 0 unspecified atom stereocenters. The van der Waals surface area contributed by atoms with E-state index in [9.17, 15) is 0 Å². The number of fused-ring (bicyclic) bond motifs is 1. The van der Waals surface area contributed by atoms with Gasteiger partial charge in [-0.05, 0) is 29.6 Å². The van der Waals surface area contributed by atoms with E-state index >= 15 is 0 Å². The Kier molecular flexibility index (Phi) is 2.57. The molecule has 0 saturated carbocycles. The fourth-order valence-corrected chi connectivity index (χ4v) is 2.32. The number of aromatic nitrogens is 5. The average Bonchev–Trinajstić information content (AvgIpc) is 3.19. The van der Waals surface area contributed by atoms with Gasteiger partial charge in [0.2, 0.25) is 11.8 Å². The molecule has 0 saturated heterocycles. The van der Waals surface area contributed by atoms with Crippen LogP contribution in [0.2, 0.25) is 0 Å². The van der Waals surface area contributed by atoms with Gasteiger partial charge in [-0.15, -0.1) is 16.4 Å². The van der Waals surface area contributed by atoms with Crippen LogP contribution in [-0.2, 0) is 0 Å². The van der Waals surface area contributed by atoms with E-state index in [2.05, 4.69) is 20.1 Å². The second kappa shape index (κ2) is 4.56. The standard InChI is InChI=1S/C12H8N6O2S/c13-10-15-12(20-8-4-2-6-21-8)16-11-14-9(17-18(10)11)7-3-1-5-19-7/h1-6H,(H2,13,14,15,16,17). The Morgan fingerprint density at radius 2 is 2.14 bits per heavy atom. The Hall–Kier alpha value is -2.94. The fraction of sp³-hybridized carbons (Fsp3) is 0. The summed E-state index contributed by atoms with van der Waals surface area (Å²) >= 11 is 1.43. The topological polar surface area (TPSA) is 104 Å². The van der Waals surface area contributed by atoms with E-state index in [1.54, 1.807) is 18.4 Å². The van der Waals surface area contributed by atoms with Crippen molar-refractivity contribution in [2.24, 2.45) is 0 Å². The minimum absolute atomic E-state index is 0.126. The molecule has 8 nitrogen and oxygen atoms in total. The van der Waals surface area contributed by atoms with Crippen molar-refractivity contribution in [3.8, 4) is 22.7 Å². The quantitative estimate of drug-likeness (QED) is 0.618. The first-order chi connectivity index (χ1) is 10.3. The molecule has 4 heterocycles. The highest BCUT2D eigenvalue weighted by molar-refractivity contribution is 7.11. The number of nitrogen functional groups attached to an aromatic ring is 1. The lowest BCUT2D eigenvalue weighted by Crippen LogP contribution is -2.05. The van der Waals surface area contributed by atoms with E-state index in [-0.39, 0.29) is 12.0 Å². The summed E-state index contributed by atoms with van der Waals surface area (Å²) in [5, 5.41) is 6.76. The van der Waals surface area contributed by atoms with Gasteiger partial charge in [-0.3, -0.25) is 0 Å². The van der Waals surface area contributed by atoms with Gasteiger partial charge in [0, 0.05) is 0 Å². The SMILES string of the molecule is Nc1nc(Oc2cccs2)nc2nc(-c3ccco3)nn12. The summed E-state index contributed by atoms with van der Waals surface area (Å²) in [5.41, 5.74) is 5.85. The molecule has 2 N–H and O–H groups in total. The molecule has 0 bridgehead atoms. The summed E-state index contributed by atoms with van der Waals surface area (Å²) in [6.45, 7) is 0. The molecule has 0 aliphatic rings. The summed E-state index contributed by atoms with van der Waals surface area (Å²) in [6.07, 6.45) is 1.54. The zero-order valence-corrected chi connectivity index (χ0v) is 11.3. The van der Waals surface area contributed by atoms with Crippen LogP contribution in [0.3, 0.4) is 0 Å². The maximum atomic E-state index is 5.85. The van der Waals surface area contributed by atoms with Crippen LogP contribution in [0.15, 0.2) is 40.3 Å². The van der Waals surface area contributed by atoms with E-state index in [0.29, 0.717) is 22.4 Å². The van der Waals surface area contributed by atoms with Gasteiger partial charge in [0.1, 0.15) is 0 Å². The number of furan rings is 1. The molecule has 0 amide bonds. The highest BCUT2D eigenvalue weighted by Crippen LogP contribution is 2.24. The van der Waals surface area contributed by atoms with E-state index in [4.69, 9.17) is 14.9 Å². The Balaban J connectivity index is 1.78. The highest BCUT2D eigenvalue weighted by atomic mass is 32.1. The lowest BCUT2D eigenvalue weighted by Gasteiger charge is -2.01. The molecule has 104 valence electrons. The zero-order valence-electron chi connectivity index (χ0n) is 10.5. The third kappa shape index (κ3) is 2.09. The van der Waals surface area contributed by atoms with E-state index in [0.717, 1.165) is 0 Å². The second-order valence-corrected chi connectivity index (χ2v) is 4.93. The second-order valence-electron chi connectivity index (χ2n) is 4.02. The summed E-state index contributed by atoms with van der Waals surface area (Å²) < 4.78 is 12.1. The minimum Gasteiger partial charge on any atom is -0.461 e. The van der Waals surface area contributed by atoms with Crippen LogP contribution in [0.5, 0.6) is 11.1 Å². The molecular formula is C12H8N6O2S. The molecule has 4 aromatic rings. The lowest BCUT2D eigenvalue weighted by atomic mass is 10.4. The van der Waals surface area contributed by atoms with Gasteiger partial charge in [0.25, 0.3) is 5.78 Å². The van der Waals surface area contributed by atoms with Gasteiger partial charge in [-0.1, -0.05) is 0 Å². The lowest BCUT2D eigenvalue weighted by molar-refractivity contribution is 0.453. The van der Waals surface area contributed by atoms with Crippen LogP contribution in [0, 0.1) is 0 Å². The summed E-state index contributed by atoms with van der Waals surface area (Å²) in [4.78, 5) is 12.5. The van der Waals surface area contributed by atoms with Crippen molar-refractivity contribution in [1.82, 2.24) is 24.6 Å². The normalized spacial score (nSPS) is 11.0. The first-order valence-corrected chi connectivity index (χ1v) is 6.83. The van der Waals surface area contributed by atoms with Crippen molar-refractivity contribution in [2.45, 2.75) is 0 Å². The number of nitrogens with zero attached hydrogens (tertiary/aromatic N) is 5. The minimum atomic E-state index is 0.126. The maximum absolute atomic E-state index is 5.85. The van der Waals surface area contributed by atoms with E-state index < -0.39 is 0 Å². The van der Waals surface area contributed by atoms with Crippen molar-refractivity contribution in [3.05, 3.63) is 35.9 Å². The Bertz CT molecular complexity index is 884. The van der Waals surface area contributed by atoms with E-state index in [1.807, 2.05) is 17.5 Å². The Labute approximate surface area is 121 Å². The van der Waals surface area contributed by atoms with Crippen LogP contribution >= 0.6 is 11.3 Å². The first kappa shape index (κ1) is 11.9. The van der Waals surface area contributed by atoms with E-state index in [1.165, 1.54) is 15.9 Å². The largest absolute Gasteiger partial charge is 0.461 e. The van der Waals surface area contributed by atoms with Gasteiger partial charge < -0.3 is 14.9 Å². The van der Waals surface area contributed by atoms with Gasteiger partial charge >= 0.3 is 6.01 Å². The smallest absolute Gasteiger partial charge is 0.329 e. The summed E-state index contributed by atoms with van der Waals surface area (Å²) in [7, 11) is 0. The van der Waals surface area contributed by atoms with Crippen molar-refractivity contribution in [2.75, 3.05) is 5.73 Å². The summed E-state index contributed by atoms with van der Waals surface area (Å²) in [6, 6.07) is 7.31. The molecule has 21 heavy (non-hydrogen) atoms.